The van der Waals surface area contributed by atoms with E-state index in [9.17, 15) is 36.0 Å². The van der Waals surface area contributed by atoms with Crippen LogP contribution >= 0.6 is 0 Å². The van der Waals surface area contributed by atoms with E-state index in [1.165, 1.54) is 24.3 Å². The largest absolute Gasteiger partial charge is 0.460 e. The minimum atomic E-state index is -4.34. The molecule has 4 atom stereocenters. The van der Waals surface area contributed by atoms with Crippen molar-refractivity contribution in [2.24, 2.45) is 11.8 Å². The summed E-state index contributed by atoms with van der Waals surface area (Å²) in [5.41, 5.74) is 0.345. The normalized spacial score (nSPS) is 13.8. The molecule has 4 unspecified atom stereocenters. The van der Waals surface area contributed by atoms with Crippen molar-refractivity contribution in [1.82, 2.24) is 10.6 Å². The maximum absolute atomic E-state index is 14.6. The second kappa shape index (κ2) is 33.2. The zero-order valence-electron chi connectivity index (χ0n) is 59.4. The first-order valence-electron chi connectivity index (χ1n) is 34.0. The molecule has 8 rings (SSSR count). The first-order chi connectivity index (χ1) is 47.2. The van der Waals surface area contributed by atoms with Gasteiger partial charge in [-0.25, -0.2) is 0 Å². The fourth-order valence-corrected chi connectivity index (χ4v) is 14.0. The summed E-state index contributed by atoms with van der Waals surface area (Å²) in [7, 11) is -8.68. The highest BCUT2D eigenvalue weighted by atomic mass is 32.2. The molecule has 0 amide bonds. The quantitative estimate of drug-likeness (QED) is 0.0136. The van der Waals surface area contributed by atoms with Gasteiger partial charge in [-0.05, 0) is 190 Å². The maximum Gasteiger partial charge on any atom is 0.323 e. The van der Waals surface area contributed by atoms with Gasteiger partial charge in [0.2, 0.25) is 0 Å². The van der Waals surface area contributed by atoms with E-state index in [-0.39, 0.29) is 61.5 Å². The van der Waals surface area contributed by atoms with Gasteiger partial charge in [0, 0.05) is 0 Å². The highest BCUT2D eigenvalue weighted by Gasteiger charge is 2.45. The van der Waals surface area contributed by atoms with Crippen molar-refractivity contribution in [2.75, 3.05) is 13.2 Å². The zero-order chi connectivity index (χ0) is 72.6. The second-order valence-corrected chi connectivity index (χ2v) is 32.2. The lowest BCUT2D eigenvalue weighted by Crippen LogP contribution is -2.54. The molecule has 0 fully saturated rings. The van der Waals surface area contributed by atoms with Gasteiger partial charge in [-0.2, -0.15) is 16.8 Å². The topological polar surface area (TPSA) is 216 Å². The fourth-order valence-electron chi connectivity index (χ4n) is 12.1. The Bertz CT molecular complexity index is 3710. The van der Waals surface area contributed by atoms with Gasteiger partial charge in [-0.1, -0.05) is 206 Å². The van der Waals surface area contributed by atoms with E-state index in [2.05, 4.69) is 10.6 Å². The molecule has 0 aliphatic carbocycles. The van der Waals surface area contributed by atoms with E-state index in [0.29, 0.717) is 11.1 Å². The van der Waals surface area contributed by atoms with Crippen LogP contribution in [0.15, 0.2) is 240 Å². The Balaban J connectivity index is 0.941. The Morgan fingerprint density at radius 2 is 0.540 bits per heavy atom. The van der Waals surface area contributed by atoms with E-state index in [1.54, 1.807) is 107 Å². The van der Waals surface area contributed by atoms with Crippen LogP contribution in [0.25, 0.3) is 11.1 Å². The van der Waals surface area contributed by atoms with Crippen LogP contribution in [-0.4, -0.2) is 88.4 Å². The minimum absolute atomic E-state index is 0.0771. The van der Waals surface area contributed by atoms with Crippen molar-refractivity contribution in [3.63, 3.8) is 0 Å². The van der Waals surface area contributed by atoms with Crippen molar-refractivity contribution in [3.05, 3.63) is 264 Å². The van der Waals surface area contributed by atoms with Crippen molar-refractivity contribution in [3.8, 4) is 11.1 Å². The number of ether oxygens (including phenoxy) is 4. The molecular weight excluding hydrogens is 1300 g/mol. The average Bonchev–Trinajstić information content (AvgIpc) is 0.756. The molecule has 0 saturated carbocycles. The lowest BCUT2D eigenvalue weighted by atomic mass is 9.76. The molecule has 18 heteroatoms. The van der Waals surface area contributed by atoms with Crippen molar-refractivity contribution < 1.29 is 63.3 Å². The summed E-state index contributed by atoms with van der Waals surface area (Å²) in [5.74, 6) is -4.18. The Hall–Kier alpha value is -8.62. The third-order valence-corrected chi connectivity index (χ3v) is 19.1. The van der Waals surface area contributed by atoms with E-state index in [1.807, 2.05) is 182 Å². The molecule has 0 bridgehead atoms. The van der Waals surface area contributed by atoms with Gasteiger partial charge in [-0.3, -0.25) is 38.2 Å². The average molecular weight is 1400 g/mol. The van der Waals surface area contributed by atoms with Crippen LogP contribution in [-0.2, 0) is 77.8 Å². The Labute approximate surface area is 591 Å². The number of nitrogens with one attached hydrogen (secondary N) is 2. The zero-order valence-corrected chi connectivity index (χ0v) is 61.1. The maximum atomic E-state index is 14.6. The number of carbonyl (C=O) groups excluding carboxylic acids is 4. The smallest absolute Gasteiger partial charge is 0.323 e. The lowest BCUT2D eigenvalue weighted by molar-refractivity contribution is -0.165. The number of benzene rings is 8. The third kappa shape index (κ3) is 21.2. The predicted octanol–water partition coefficient (Wildman–Crippen LogP) is 15.6. The molecule has 0 heterocycles. The second-order valence-electron chi connectivity index (χ2n) is 29.0. The van der Waals surface area contributed by atoms with Crippen LogP contribution in [0.4, 0.5) is 0 Å². The molecule has 0 aliphatic rings. The summed E-state index contributed by atoms with van der Waals surface area (Å²) in [6.07, 6.45) is 0.193. The number of rotatable bonds is 31. The summed E-state index contributed by atoms with van der Waals surface area (Å²) in [4.78, 5) is 57.6. The molecular formula is C82H96N2O14S2. The molecule has 2 N–H and O–H groups in total. The number of hydrogen-bond acceptors (Lipinski definition) is 16. The first kappa shape index (κ1) is 77.1. The highest BCUT2D eigenvalue weighted by Crippen LogP contribution is 2.41. The highest BCUT2D eigenvalue weighted by molar-refractivity contribution is 7.87. The Morgan fingerprint density at radius 1 is 0.320 bits per heavy atom. The van der Waals surface area contributed by atoms with Crippen LogP contribution in [0.5, 0.6) is 0 Å². The monoisotopic (exact) mass is 1400 g/mol. The molecule has 16 nitrogen and oxygen atoms in total. The van der Waals surface area contributed by atoms with Gasteiger partial charge in [-0.15, -0.1) is 0 Å². The molecule has 530 valence electrons. The number of esters is 4. The molecule has 0 saturated heterocycles. The summed E-state index contributed by atoms with van der Waals surface area (Å²) in [6, 6.07) is 68.1. The van der Waals surface area contributed by atoms with Crippen molar-refractivity contribution in [1.29, 1.82) is 0 Å². The molecule has 0 radical (unpaired) electrons. The molecule has 0 spiro atoms. The lowest BCUT2D eigenvalue weighted by Gasteiger charge is -2.40. The summed E-state index contributed by atoms with van der Waals surface area (Å²) in [5, 5.41) is 7.46. The minimum Gasteiger partial charge on any atom is -0.460 e. The van der Waals surface area contributed by atoms with Gasteiger partial charge < -0.3 is 18.9 Å². The van der Waals surface area contributed by atoms with Crippen molar-refractivity contribution >= 4 is 44.1 Å². The summed E-state index contributed by atoms with van der Waals surface area (Å²) in [6.45, 7) is 20.6. The SMILES string of the molecule is CC(C)(C)OC(=O)C(CCCOS(=O)(=O)c1ccc(-c2ccc(S(=O)(=O)OCCCC(CC(NC(c3ccccc3)(c3ccccc3)c3ccccc3)C(=O)OC(C)(C)C)C(=O)OC(C)(C)C)cc2)cc1)CC(NC(c1ccccc1)(c1ccccc1)c1ccccc1)C(=O)OC(C)(C)C. The van der Waals surface area contributed by atoms with Crippen LogP contribution in [0.3, 0.4) is 0 Å². The van der Waals surface area contributed by atoms with E-state index in [4.69, 9.17) is 27.3 Å². The fraction of sp³-hybridized carbons (Fsp3) is 0.366. The predicted molar refractivity (Wildman–Crippen MR) is 388 cm³/mol. The summed E-state index contributed by atoms with van der Waals surface area (Å²) < 4.78 is 90.5. The van der Waals surface area contributed by atoms with Crippen LogP contribution < -0.4 is 10.6 Å². The molecule has 8 aromatic carbocycles. The Morgan fingerprint density at radius 3 is 0.760 bits per heavy atom. The van der Waals surface area contributed by atoms with E-state index in [0.717, 1.165) is 33.4 Å². The molecule has 0 aliphatic heterocycles. The van der Waals surface area contributed by atoms with Gasteiger partial charge in [0.05, 0.1) is 45.9 Å². The number of carbonyl (C=O) groups is 4. The van der Waals surface area contributed by atoms with Crippen LogP contribution in [0, 0.1) is 11.8 Å². The Kier molecular flexibility index (Phi) is 25.6. The number of hydrogen-bond donors (Lipinski definition) is 2. The van der Waals surface area contributed by atoms with Crippen LogP contribution in [0.2, 0.25) is 0 Å². The van der Waals surface area contributed by atoms with Gasteiger partial charge in [0.1, 0.15) is 34.5 Å². The van der Waals surface area contributed by atoms with Gasteiger partial charge in [0.25, 0.3) is 20.2 Å². The first-order valence-corrected chi connectivity index (χ1v) is 36.8. The van der Waals surface area contributed by atoms with Gasteiger partial charge >= 0.3 is 23.9 Å². The summed E-state index contributed by atoms with van der Waals surface area (Å²) >= 11 is 0. The van der Waals surface area contributed by atoms with E-state index < -0.39 is 102 Å². The van der Waals surface area contributed by atoms with Crippen LogP contribution in [0.1, 0.15) is 155 Å². The van der Waals surface area contributed by atoms with Gasteiger partial charge in [0.15, 0.2) is 0 Å². The van der Waals surface area contributed by atoms with Crippen molar-refractivity contribution in [2.45, 2.75) is 177 Å². The third-order valence-electron chi connectivity index (χ3n) is 16.4. The molecule has 100 heavy (non-hydrogen) atoms. The van der Waals surface area contributed by atoms with E-state index >= 15 is 0 Å². The standard InChI is InChI=1S/C82H96N2O14S2/c1-77(2,3)95-73(85)61(57-71(75(87)97-79(7,8)9)83-81(63-35-19-13-20-36-63,64-37-21-14-22-38-64)65-39-23-15-24-40-65)33-31-55-93-99(89,90)69-51-47-59(48-52-69)60-49-53-70(54-50-60)100(91,92)94-56-32-34-62(74(86)96-78(4,5)6)58-72(76(88)98-80(10,11)12)84-82(66-41-25-16-26-42-66,67-43-27-17-28-44-67)68-45-29-18-30-46-68/h13-30,35-54,61-62,71-72,83-84H,31-34,55-58H2,1-12H3. The molecule has 0 aromatic heterocycles. The molecule has 8 aromatic rings.